The zero-order valence-electron chi connectivity index (χ0n) is 22.3. The molecule has 1 unspecified atom stereocenters. The Labute approximate surface area is 231 Å². The van der Waals surface area contributed by atoms with E-state index in [1.165, 1.54) is 101 Å². The summed E-state index contributed by atoms with van der Waals surface area (Å²) in [6, 6.07) is 0. The molecule has 0 aliphatic rings. The van der Waals surface area contributed by atoms with Crippen LogP contribution < -0.4 is 4.74 Å². The average molecular weight is 615 g/mol. The molecule has 1 aromatic heterocycles. The van der Waals surface area contributed by atoms with E-state index >= 15 is 0 Å². The fourth-order valence-corrected chi connectivity index (χ4v) is 5.57. The topological polar surface area (TPSA) is 87.1 Å². The van der Waals surface area contributed by atoms with E-state index in [9.17, 15) is 9.46 Å². The van der Waals surface area contributed by atoms with Crippen LogP contribution in [-0.4, -0.2) is 47.7 Å². The molecular formula is C26H49BrNO6PS. The molecule has 10 heteroatoms. The van der Waals surface area contributed by atoms with E-state index in [1.807, 2.05) is 0 Å². The van der Waals surface area contributed by atoms with E-state index in [2.05, 4.69) is 27.8 Å². The van der Waals surface area contributed by atoms with Crippen LogP contribution in [-0.2, 0) is 18.3 Å². The first kappa shape index (κ1) is 34.0. The summed E-state index contributed by atoms with van der Waals surface area (Å²) < 4.78 is 33.3. The lowest BCUT2D eigenvalue weighted by molar-refractivity contribution is 0.0153. The summed E-state index contributed by atoms with van der Waals surface area (Å²) in [5.41, 5.74) is 0. The molecular weight excluding hydrogens is 565 g/mol. The van der Waals surface area contributed by atoms with Crippen LogP contribution in [0.1, 0.15) is 110 Å². The van der Waals surface area contributed by atoms with Gasteiger partial charge in [-0.05, 0) is 6.42 Å². The lowest BCUT2D eigenvalue weighted by atomic mass is 10.0. The number of rotatable bonds is 27. The molecule has 0 aliphatic carbocycles. The molecule has 7 nitrogen and oxygen atoms in total. The molecule has 0 saturated heterocycles. The van der Waals surface area contributed by atoms with Gasteiger partial charge < -0.3 is 14.4 Å². The van der Waals surface area contributed by atoms with Gasteiger partial charge in [-0.3, -0.25) is 9.05 Å². The Kier molecular flexibility index (Phi) is 22.7. The lowest BCUT2D eigenvalue weighted by Gasteiger charge is -2.19. The Morgan fingerprint density at radius 3 is 1.92 bits per heavy atom. The molecule has 1 rings (SSSR count). The molecule has 0 bridgehead atoms. The van der Waals surface area contributed by atoms with Gasteiger partial charge in [-0.15, -0.1) is 0 Å². The number of thiazole rings is 1. The van der Waals surface area contributed by atoms with Gasteiger partial charge in [-0.2, -0.15) is 0 Å². The molecule has 1 heterocycles. The number of alkyl halides is 1. The minimum Gasteiger partial charge on any atom is -0.462 e. The SMILES string of the molecule is CCCCCCCCCCCCCCCCCCOC[C@@H](COP(=O)(O)OCCBr)Oc1nccs1. The van der Waals surface area contributed by atoms with Gasteiger partial charge >= 0.3 is 7.82 Å². The first-order chi connectivity index (χ1) is 17.6. The number of phosphoric acid groups is 1. The highest BCUT2D eigenvalue weighted by atomic mass is 79.9. The normalized spacial score (nSPS) is 14.1. The molecule has 2 atom stereocenters. The van der Waals surface area contributed by atoms with Gasteiger partial charge in [0.05, 0.1) is 19.8 Å². The molecule has 0 fully saturated rings. The van der Waals surface area contributed by atoms with Crippen LogP contribution in [0.4, 0.5) is 0 Å². The van der Waals surface area contributed by atoms with E-state index in [-0.39, 0.29) is 19.8 Å². The smallest absolute Gasteiger partial charge is 0.462 e. The van der Waals surface area contributed by atoms with Crippen LogP contribution >= 0.6 is 35.1 Å². The molecule has 0 amide bonds. The van der Waals surface area contributed by atoms with E-state index in [0.717, 1.165) is 12.8 Å². The van der Waals surface area contributed by atoms with Crippen molar-refractivity contribution in [3.05, 3.63) is 11.6 Å². The van der Waals surface area contributed by atoms with Gasteiger partial charge in [0.2, 0.25) is 0 Å². The Morgan fingerprint density at radius 1 is 0.861 bits per heavy atom. The summed E-state index contributed by atoms with van der Waals surface area (Å²) in [6.45, 7) is 3.14. The molecule has 1 N–H and O–H groups in total. The van der Waals surface area contributed by atoms with Gasteiger partial charge in [-0.25, -0.2) is 9.55 Å². The van der Waals surface area contributed by atoms with E-state index in [4.69, 9.17) is 18.5 Å². The number of aromatic nitrogens is 1. The summed E-state index contributed by atoms with van der Waals surface area (Å²) in [4.78, 5) is 13.8. The fraction of sp³-hybridized carbons (Fsp3) is 0.885. The van der Waals surface area contributed by atoms with E-state index < -0.39 is 13.9 Å². The maximum Gasteiger partial charge on any atom is 0.472 e. The van der Waals surface area contributed by atoms with E-state index in [1.54, 1.807) is 11.6 Å². The highest BCUT2D eigenvalue weighted by Gasteiger charge is 2.24. The van der Waals surface area contributed by atoms with E-state index in [0.29, 0.717) is 17.1 Å². The minimum atomic E-state index is -4.11. The highest BCUT2D eigenvalue weighted by molar-refractivity contribution is 9.09. The number of ether oxygens (including phenoxy) is 2. The predicted octanol–water partition coefficient (Wildman–Crippen LogP) is 8.70. The number of unbranched alkanes of at least 4 members (excludes halogenated alkanes) is 15. The number of halogens is 1. The van der Waals surface area contributed by atoms with Crippen molar-refractivity contribution in [2.45, 2.75) is 116 Å². The Morgan fingerprint density at radius 2 is 1.42 bits per heavy atom. The van der Waals surface area contributed by atoms with Crippen LogP contribution in [0.2, 0.25) is 0 Å². The van der Waals surface area contributed by atoms with Crippen molar-refractivity contribution in [3.8, 4) is 5.19 Å². The van der Waals surface area contributed by atoms with Crippen molar-refractivity contribution in [1.29, 1.82) is 0 Å². The molecule has 1 aromatic rings. The molecule has 0 aromatic carbocycles. The second-order valence-corrected chi connectivity index (χ2v) is 12.3. The van der Waals surface area contributed by atoms with Crippen LogP contribution in [0.5, 0.6) is 5.19 Å². The van der Waals surface area contributed by atoms with Crippen molar-refractivity contribution in [1.82, 2.24) is 4.98 Å². The largest absolute Gasteiger partial charge is 0.472 e. The van der Waals surface area contributed by atoms with Gasteiger partial charge in [0, 0.05) is 23.5 Å². The third-order valence-corrected chi connectivity index (χ3v) is 7.85. The van der Waals surface area contributed by atoms with Gasteiger partial charge in [0.25, 0.3) is 5.19 Å². The maximum absolute atomic E-state index is 11.9. The highest BCUT2D eigenvalue weighted by Crippen LogP contribution is 2.43. The standard InChI is InChI=1S/C26H49BrNO6PS/c1-2-3-4-5-6-7-8-9-10-11-12-13-14-15-16-17-20-31-23-25(34-26-28-19-22-36-26)24-33-35(29,30)32-21-18-27/h19,22,25H,2-18,20-21,23-24H2,1H3,(H,29,30)/t25-/m0/s1. The minimum absolute atomic E-state index is 0.0849. The fourth-order valence-electron chi connectivity index (χ4n) is 3.86. The monoisotopic (exact) mass is 613 g/mol. The summed E-state index contributed by atoms with van der Waals surface area (Å²) >= 11 is 4.50. The first-order valence-electron chi connectivity index (χ1n) is 13.9. The zero-order valence-corrected chi connectivity index (χ0v) is 25.5. The third-order valence-electron chi connectivity index (χ3n) is 5.88. The average Bonchev–Trinajstić information content (AvgIpc) is 3.38. The molecule has 212 valence electrons. The zero-order chi connectivity index (χ0) is 26.2. The van der Waals surface area contributed by atoms with Crippen LogP contribution in [0.3, 0.4) is 0 Å². The number of nitrogens with zero attached hydrogens (tertiary/aromatic N) is 1. The summed E-state index contributed by atoms with van der Waals surface area (Å²) in [7, 11) is -4.11. The summed E-state index contributed by atoms with van der Waals surface area (Å²) in [5.74, 6) is 0. The van der Waals surface area contributed by atoms with Crippen molar-refractivity contribution in [2.75, 3.05) is 31.8 Å². The summed E-state index contributed by atoms with van der Waals surface area (Å²) in [6.07, 6.45) is 22.5. The first-order valence-corrected chi connectivity index (χ1v) is 17.4. The van der Waals surface area contributed by atoms with Crippen molar-refractivity contribution in [3.63, 3.8) is 0 Å². The molecule has 36 heavy (non-hydrogen) atoms. The van der Waals surface area contributed by atoms with Crippen LogP contribution in [0, 0.1) is 0 Å². The Balaban J connectivity index is 2.00. The summed E-state index contributed by atoms with van der Waals surface area (Å²) in [5, 5.41) is 2.73. The van der Waals surface area contributed by atoms with Crippen molar-refractivity contribution in [2.24, 2.45) is 0 Å². The number of phosphoric ester groups is 1. The second-order valence-electron chi connectivity index (χ2n) is 9.20. The van der Waals surface area contributed by atoms with Gasteiger partial charge in [0.1, 0.15) is 6.10 Å². The third kappa shape index (κ3) is 21.0. The number of hydrogen-bond acceptors (Lipinski definition) is 7. The Bertz CT molecular complexity index is 640. The molecule has 0 radical (unpaired) electrons. The molecule has 0 spiro atoms. The van der Waals surface area contributed by atoms with Crippen LogP contribution in [0.15, 0.2) is 11.6 Å². The Hall–Kier alpha value is -0.0200. The number of hydrogen-bond donors (Lipinski definition) is 1. The van der Waals surface area contributed by atoms with Crippen molar-refractivity contribution < 1.29 is 28.0 Å². The lowest BCUT2D eigenvalue weighted by Crippen LogP contribution is -2.28. The molecule has 0 saturated carbocycles. The second kappa shape index (κ2) is 24.1. The van der Waals surface area contributed by atoms with Crippen LogP contribution in [0.25, 0.3) is 0 Å². The maximum atomic E-state index is 11.9. The van der Waals surface area contributed by atoms with Gasteiger partial charge in [0.15, 0.2) is 0 Å². The van der Waals surface area contributed by atoms with Crippen molar-refractivity contribution >= 4 is 35.1 Å². The quantitative estimate of drug-likeness (QED) is 0.0603. The predicted molar refractivity (Wildman–Crippen MR) is 152 cm³/mol. The molecule has 0 aliphatic heterocycles. The van der Waals surface area contributed by atoms with Gasteiger partial charge in [-0.1, -0.05) is 131 Å².